The Hall–Kier alpha value is -2.92. The summed E-state index contributed by atoms with van der Waals surface area (Å²) in [6.07, 6.45) is 2.97. The Kier molecular flexibility index (Phi) is 6.11. The summed E-state index contributed by atoms with van der Waals surface area (Å²) in [5.74, 6) is -2.19. The SMILES string of the molecule is CC(C)(C)[C@@H](C(=O)N1CC(O)CC1C(=O)NC1(c2c(F)cccc2F)COC1)n1cc(C2CC2)nn1. The molecule has 9 nitrogen and oxygen atoms in total. The fourth-order valence-corrected chi connectivity index (χ4v) is 5.19. The molecule has 11 heteroatoms. The third kappa shape index (κ3) is 4.39. The van der Waals surface area contributed by atoms with E-state index in [9.17, 15) is 23.5 Å². The van der Waals surface area contributed by atoms with Gasteiger partial charge in [-0.05, 0) is 30.4 Å². The van der Waals surface area contributed by atoms with Crippen molar-refractivity contribution in [3.05, 3.63) is 47.3 Å². The number of carbonyl (C=O) groups is 2. The van der Waals surface area contributed by atoms with Crippen LogP contribution in [0.1, 0.15) is 63.3 Å². The molecule has 0 radical (unpaired) electrons. The van der Waals surface area contributed by atoms with E-state index in [1.54, 1.807) is 10.9 Å². The van der Waals surface area contributed by atoms with Crippen molar-refractivity contribution in [2.75, 3.05) is 19.8 Å². The van der Waals surface area contributed by atoms with Crippen LogP contribution in [0, 0.1) is 17.0 Å². The number of hydrogen-bond donors (Lipinski definition) is 2. The molecule has 2 unspecified atom stereocenters. The molecule has 2 amide bonds. The Morgan fingerprint density at radius 2 is 1.89 bits per heavy atom. The molecule has 1 aliphatic carbocycles. The highest BCUT2D eigenvalue weighted by Gasteiger charge is 2.50. The van der Waals surface area contributed by atoms with Crippen LogP contribution in [0.4, 0.5) is 8.78 Å². The summed E-state index contributed by atoms with van der Waals surface area (Å²) in [4.78, 5) is 28.7. The maximum absolute atomic E-state index is 14.6. The Morgan fingerprint density at radius 1 is 1.22 bits per heavy atom. The summed E-state index contributed by atoms with van der Waals surface area (Å²) < 4.78 is 35.9. The van der Waals surface area contributed by atoms with E-state index in [4.69, 9.17) is 4.74 Å². The van der Waals surface area contributed by atoms with Gasteiger partial charge < -0.3 is 20.1 Å². The van der Waals surface area contributed by atoms with Crippen LogP contribution in [0.15, 0.2) is 24.4 Å². The molecule has 2 saturated heterocycles. The normalized spacial score (nSPS) is 24.3. The fourth-order valence-electron chi connectivity index (χ4n) is 5.19. The molecule has 1 aromatic carbocycles. The van der Waals surface area contributed by atoms with Gasteiger partial charge >= 0.3 is 0 Å². The maximum Gasteiger partial charge on any atom is 0.248 e. The number of amides is 2. The first-order chi connectivity index (χ1) is 17.0. The Morgan fingerprint density at radius 3 is 2.44 bits per heavy atom. The molecule has 2 aromatic rings. The number of ether oxygens (including phenoxy) is 1. The van der Waals surface area contributed by atoms with Gasteiger partial charge in [0, 0.05) is 25.1 Å². The van der Waals surface area contributed by atoms with Gasteiger partial charge in [-0.3, -0.25) is 9.59 Å². The summed E-state index contributed by atoms with van der Waals surface area (Å²) in [7, 11) is 0. The minimum atomic E-state index is -1.39. The van der Waals surface area contributed by atoms with Gasteiger partial charge in [0.2, 0.25) is 11.8 Å². The average molecular weight is 504 g/mol. The van der Waals surface area contributed by atoms with Crippen LogP contribution in [0.3, 0.4) is 0 Å². The quantitative estimate of drug-likeness (QED) is 0.624. The minimum absolute atomic E-state index is 0.00973. The second-order valence-electron chi connectivity index (χ2n) is 11.2. The fraction of sp³-hybridized carbons (Fsp3) is 0.600. The van der Waals surface area contributed by atoms with Crippen molar-refractivity contribution < 1.29 is 28.2 Å². The molecule has 5 rings (SSSR count). The highest BCUT2D eigenvalue weighted by atomic mass is 19.1. The molecular formula is C25H31F2N5O4. The van der Waals surface area contributed by atoms with Crippen LogP contribution in [0.25, 0.3) is 0 Å². The number of aromatic nitrogens is 3. The number of halogens is 2. The lowest BCUT2D eigenvalue weighted by molar-refractivity contribution is -0.148. The molecule has 0 spiro atoms. The molecule has 36 heavy (non-hydrogen) atoms. The van der Waals surface area contributed by atoms with Gasteiger partial charge in [0.1, 0.15) is 29.3 Å². The maximum atomic E-state index is 14.6. The number of aliphatic hydroxyl groups is 1. The van der Waals surface area contributed by atoms with E-state index in [1.165, 1.54) is 11.0 Å². The molecular weight excluding hydrogens is 472 g/mol. The van der Waals surface area contributed by atoms with E-state index in [0.29, 0.717) is 5.92 Å². The van der Waals surface area contributed by atoms with Crippen molar-refractivity contribution in [3.63, 3.8) is 0 Å². The largest absolute Gasteiger partial charge is 0.391 e. The summed E-state index contributed by atoms with van der Waals surface area (Å²) in [6.45, 7) is 5.46. The first-order valence-corrected chi connectivity index (χ1v) is 12.2. The minimum Gasteiger partial charge on any atom is -0.391 e. The van der Waals surface area contributed by atoms with Gasteiger partial charge in [0.15, 0.2) is 0 Å². The van der Waals surface area contributed by atoms with Crippen molar-refractivity contribution >= 4 is 11.8 Å². The zero-order chi connectivity index (χ0) is 25.8. The van der Waals surface area contributed by atoms with Crippen molar-refractivity contribution in [3.8, 4) is 0 Å². The lowest BCUT2D eigenvalue weighted by Crippen LogP contribution is -2.63. The topological polar surface area (TPSA) is 110 Å². The van der Waals surface area contributed by atoms with Gasteiger partial charge in [-0.15, -0.1) is 5.10 Å². The van der Waals surface area contributed by atoms with E-state index in [2.05, 4.69) is 15.6 Å². The summed E-state index contributed by atoms with van der Waals surface area (Å²) in [5.41, 5.74) is -1.39. The van der Waals surface area contributed by atoms with Crippen molar-refractivity contribution in [2.45, 2.75) is 69.7 Å². The second-order valence-corrected chi connectivity index (χ2v) is 11.2. The molecule has 194 valence electrons. The van der Waals surface area contributed by atoms with E-state index in [-0.39, 0.29) is 37.6 Å². The summed E-state index contributed by atoms with van der Waals surface area (Å²) >= 11 is 0. The lowest BCUT2D eigenvalue weighted by atomic mass is 9.85. The van der Waals surface area contributed by atoms with Gasteiger partial charge in [-0.1, -0.05) is 32.1 Å². The van der Waals surface area contributed by atoms with Crippen LogP contribution in [-0.4, -0.2) is 68.7 Å². The van der Waals surface area contributed by atoms with E-state index in [0.717, 1.165) is 30.7 Å². The first-order valence-electron chi connectivity index (χ1n) is 12.2. The Labute approximate surface area is 207 Å². The Balaban J connectivity index is 1.41. The second kappa shape index (κ2) is 8.88. The Bertz CT molecular complexity index is 1150. The van der Waals surface area contributed by atoms with Crippen LogP contribution in [0.2, 0.25) is 0 Å². The van der Waals surface area contributed by atoms with Crippen molar-refractivity contribution in [1.82, 2.24) is 25.2 Å². The zero-order valence-electron chi connectivity index (χ0n) is 20.6. The third-order valence-electron chi connectivity index (χ3n) is 7.21. The average Bonchev–Trinajstić information content (AvgIpc) is 3.38. The van der Waals surface area contributed by atoms with Crippen molar-refractivity contribution in [2.24, 2.45) is 5.41 Å². The monoisotopic (exact) mass is 503 g/mol. The van der Waals surface area contributed by atoms with Gasteiger partial charge in [0.25, 0.3) is 0 Å². The van der Waals surface area contributed by atoms with Crippen LogP contribution < -0.4 is 5.32 Å². The number of carbonyl (C=O) groups excluding carboxylic acids is 2. The predicted molar refractivity (Wildman–Crippen MR) is 124 cm³/mol. The predicted octanol–water partition coefficient (Wildman–Crippen LogP) is 2.02. The molecule has 1 saturated carbocycles. The summed E-state index contributed by atoms with van der Waals surface area (Å²) in [5, 5.41) is 21.6. The molecule has 3 heterocycles. The molecule has 2 N–H and O–H groups in total. The third-order valence-corrected chi connectivity index (χ3v) is 7.21. The highest BCUT2D eigenvalue weighted by Crippen LogP contribution is 2.40. The number of nitrogens with zero attached hydrogens (tertiary/aromatic N) is 4. The standard InChI is InChI=1S/C25H31F2N5O4/c1-24(2,3)21(32-11-18(29-30-32)14-7-8-14)23(35)31-10-15(33)9-19(31)22(34)28-25(12-36-13-25)20-16(26)5-4-6-17(20)27/h4-6,11,14-15,19,21,33H,7-10,12-13H2,1-3H3,(H,28,34)/t15?,19?,21-/m1/s1. The first kappa shape index (κ1) is 24.8. The number of β-amino-alcohol motifs (C(OH)–C–C–N with tert-alkyl or cyclic N) is 1. The van der Waals surface area contributed by atoms with Crippen LogP contribution in [-0.2, 0) is 19.9 Å². The zero-order valence-corrected chi connectivity index (χ0v) is 20.6. The molecule has 2 aliphatic heterocycles. The molecule has 3 aliphatic rings. The van der Waals surface area contributed by atoms with Gasteiger partial charge in [-0.2, -0.15) is 0 Å². The number of aliphatic hydroxyl groups excluding tert-OH is 1. The highest BCUT2D eigenvalue weighted by molar-refractivity contribution is 5.90. The molecule has 3 atom stereocenters. The smallest absolute Gasteiger partial charge is 0.248 e. The molecule has 1 aromatic heterocycles. The number of hydrogen-bond acceptors (Lipinski definition) is 6. The lowest BCUT2D eigenvalue weighted by Gasteiger charge is -2.43. The summed E-state index contributed by atoms with van der Waals surface area (Å²) in [6, 6.07) is 1.73. The number of benzene rings is 1. The van der Waals surface area contributed by atoms with Gasteiger partial charge in [-0.25, -0.2) is 13.5 Å². The van der Waals surface area contributed by atoms with Crippen molar-refractivity contribution in [1.29, 1.82) is 0 Å². The number of likely N-dealkylation sites (tertiary alicyclic amines) is 1. The number of nitrogens with one attached hydrogen (secondary N) is 1. The molecule has 0 bridgehead atoms. The van der Waals surface area contributed by atoms with Crippen LogP contribution >= 0.6 is 0 Å². The van der Waals surface area contributed by atoms with Gasteiger partial charge in [0.05, 0.1) is 30.6 Å². The van der Waals surface area contributed by atoms with E-state index < -0.39 is 46.7 Å². The van der Waals surface area contributed by atoms with Crippen LogP contribution in [0.5, 0.6) is 0 Å². The van der Waals surface area contributed by atoms with E-state index >= 15 is 0 Å². The molecule has 3 fully saturated rings. The number of rotatable bonds is 6. The van der Waals surface area contributed by atoms with E-state index in [1.807, 2.05) is 20.8 Å².